The number of nitrogens with zero attached hydrogens (tertiary/aromatic N) is 3. The molecule has 1 N–H and O–H groups in total. The number of likely N-dealkylation sites (tertiary alicyclic amines) is 1. The van der Waals surface area contributed by atoms with Gasteiger partial charge in [0.25, 0.3) is 0 Å². The van der Waals surface area contributed by atoms with Crippen LogP contribution in [0.1, 0.15) is 12.8 Å². The quantitative estimate of drug-likeness (QED) is 0.846. The third kappa shape index (κ3) is 4.75. The summed E-state index contributed by atoms with van der Waals surface area (Å²) >= 11 is 0. The van der Waals surface area contributed by atoms with E-state index < -0.39 is 10.0 Å². The van der Waals surface area contributed by atoms with Crippen LogP contribution in [0.2, 0.25) is 0 Å². The lowest BCUT2D eigenvalue weighted by Gasteiger charge is -2.35. The lowest BCUT2D eigenvalue weighted by atomic mass is 10.1. The molecule has 0 aliphatic carbocycles. The minimum atomic E-state index is -3.15. The number of anilines is 1. The van der Waals surface area contributed by atoms with Gasteiger partial charge in [-0.15, -0.1) is 0 Å². The summed E-state index contributed by atoms with van der Waals surface area (Å²) in [5, 5.41) is 2.82. The van der Waals surface area contributed by atoms with Crippen molar-refractivity contribution < 1.29 is 13.2 Å². The van der Waals surface area contributed by atoms with Crippen LogP contribution in [0.5, 0.6) is 0 Å². The molecule has 0 atom stereocenters. The number of hydrogen-bond donors (Lipinski definition) is 1. The molecular weight excluding hydrogens is 304 g/mol. The summed E-state index contributed by atoms with van der Waals surface area (Å²) in [6.07, 6.45) is 5.96. The Bertz CT molecular complexity index is 598. The molecule has 122 valence electrons. The molecule has 22 heavy (non-hydrogen) atoms. The van der Waals surface area contributed by atoms with Crippen LogP contribution in [0.4, 0.5) is 5.69 Å². The van der Waals surface area contributed by atoms with Crippen molar-refractivity contribution in [2.75, 3.05) is 38.3 Å². The number of carbonyl (C=O) groups is 1. The maximum atomic E-state index is 12.0. The highest BCUT2D eigenvalue weighted by Crippen LogP contribution is 2.17. The van der Waals surface area contributed by atoms with Crippen molar-refractivity contribution in [3.05, 3.63) is 24.5 Å². The van der Waals surface area contributed by atoms with Gasteiger partial charge in [0.1, 0.15) is 0 Å². The fourth-order valence-electron chi connectivity index (χ4n) is 2.55. The summed E-state index contributed by atoms with van der Waals surface area (Å²) in [4.78, 5) is 17.9. The molecule has 2 heterocycles. The summed E-state index contributed by atoms with van der Waals surface area (Å²) in [6, 6.07) is 3.51. The minimum Gasteiger partial charge on any atom is -0.325 e. The van der Waals surface area contributed by atoms with Gasteiger partial charge in [-0.2, -0.15) is 0 Å². The van der Waals surface area contributed by atoms with Crippen LogP contribution < -0.4 is 5.32 Å². The first-order valence-corrected chi connectivity index (χ1v) is 9.06. The second-order valence-electron chi connectivity index (χ2n) is 5.57. The number of piperidine rings is 1. The van der Waals surface area contributed by atoms with E-state index in [0.717, 1.165) is 18.5 Å². The molecule has 7 nitrogen and oxygen atoms in total. The standard InChI is InChI=1S/C14H22N4O3S/c1-17(22(2,20)21)13-5-9-18(10-6-13)11-14(19)16-12-3-7-15-8-4-12/h3-4,7-8,13H,5-6,9-11H2,1-2H3,(H,15,16,19). The van der Waals surface area contributed by atoms with E-state index in [1.165, 1.54) is 10.6 Å². The van der Waals surface area contributed by atoms with Crippen LogP contribution in [0.15, 0.2) is 24.5 Å². The van der Waals surface area contributed by atoms with Crippen LogP contribution in [0.25, 0.3) is 0 Å². The van der Waals surface area contributed by atoms with Gasteiger partial charge in [0.05, 0.1) is 12.8 Å². The first-order valence-electron chi connectivity index (χ1n) is 7.21. The molecule has 1 fully saturated rings. The summed E-state index contributed by atoms with van der Waals surface area (Å²) in [7, 11) is -1.54. The minimum absolute atomic E-state index is 0.0227. The van der Waals surface area contributed by atoms with E-state index in [1.54, 1.807) is 31.6 Å². The molecule has 1 amide bonds. The average molecular weight is 326 g/mol. The Kier molecular flexibility index (Phi) is 5.49. The zero-order chi connectivity index (χ0) is 16.2. The van der Waals surface area contributed by atoms with E-state index >= 15 is 0 Å². The Balaban J connectivity index is 1.79. The maximum absolute atomic E-state index is 12.0. The van der Waals surface area contributed by atoms with Crippen LogP contribution >= 0.6 is 0 Å². The Morgan fingerprint density at radius 1 is 1.36 bits per heavy atom. The van der Waals surface area contributed by atoms with E-state index in [1.807, 2.05) is 4.90 Å². The zero-order valence-electron chi connectivity index (χ0n) is 12.9. The number of aromatic nitrogens is 1. The number of carbonyl (C=O) groups excluding carboxylic acids is 1. The smallest absolute Gasteiger partial charge is 0.238 e. The normalized spacial score (nSPS) is 17.6. The highest BCUT2D eigenvalue weighted by Gasteiger charge is 2.27. The summed E-state index contributed by atoms with van der Waals surface area (Å²) in [5.74, 6) is -0.0684. The van der Waals surface area contributed by atoms with Crippen LogP contribution in [-0.4, -0.2) is 67.5 Å². The highest BCUT2D eigenvalue weighted by atomic mass is 32.2. The van der Waals surface area contributed by atoms with E-state index in [2.05, 4.69) is 10.3 Å². The van der Waals surface area contributed by atoms with Gasteiger partial charge >= 0.3 is 0 Å². The SMILES string of the molecule is CN(C1CCN(CC(=O)Nc2ccncc2)CC1)S(C)(=O)=O. The number of hydrogen-bond acceptors (Lipinski definition) is 5. The van der Waals surface area contributed by atoms with Gasteiger partial charge in [-0.3, -0.25) is 14.7 Å². The Labute approximate surface area is 131 Å². The van der Waals surface area contributed by atoms with Crippen molar-refractivity contribution in [2.24, 2.45) is 0 Å². The molecule has 8 heteroatoms. The second kappa shape index (κ2) is 7.17. The molecule has 0 bridgehead atoms. The van der Waals surface area contributed by atoms with Gasteiger partial charge in [-0.1, -0.05) is 0 Å². The van der Waals surface area contributed by atoms with Crippen LogP contribution in [-0.2, 0) is 14.8 Å². The fourth-order valence-corrected chi connectivity index (χ4v) is 3.30. The summed E-state index contributed by atoms with van der Waals surface area (Å²) in [6.45, 7) is 1.75. The van der Waals surface area contributed by atoms with Crippen molar-refractivity contribution in [3.63, 3.8) is 0 Å². The predicted octanol–water partition coefficient (Wildman–Crippen LogP) is 0.376. The Morgan fingerprint density at radius 2 is 1.95 bits per heavy atom. The monoisotopic (exact) mass is 326 g/mol. The molecule has 1 aromatic heterocycles. The van der Waals surface area contributed by atoms with Crippen LogP contribution in [0.3, 0.4) is 0 Å². The van der Waals surface area contributed by atoms with Gasteiger partial charge in [0.2, 0.25) is 15.9 Å². The van der Waals surface area contributed by atoms with E-state index in [4.69, 9.17) is 0 Å². The molecular formula is C14H22N4O3S. The molecule has 0 unspecified atom stereocenters. The molecule has 1 aliphatic heterocycles. The molecule has 2 rings (SSSR count). The van der Waals surface area contributed by atoms with Crippen molar-refractivity contribution >= 4 is 21.6 Å². The third-order valence-corrected chi connectivity index (χ3v) is 5.27. The summed E-state index contributed by atoms with van der Waals surface area (Å²) < 4.78 is 24.5. The topological polar surface area (TPSA) is 82.6 Å². The number of nitrogens with one attached hydrogen (secondary N) is 1. The zero-order valence-corrected chi connectivity index (χ0v) is 13.7. The van der Waals surface area contributed by atoms with Crippen LogP contribution in [0, 0.1) is 0 Å². The maximum Gasteiger partial charge on any atom is 0.238 e. The Hall–Kier alpha value is -1.51. The molecule has 0 radical (unpaired) electrons. The average Bonchev–Trinajstić information content (AvgIpc) is 2.47. The van der Waals surface area contributed by atoms with Crippen molar-refractivity contribution in [2.45, 2.75) is 18.9 Å². The number of sulfonamides is 1. The van der Waals surface area contributed by atoms with Gasteiger partial charge in [-0.05, 0) is 25.0 Å². The Morgan fingerprint density at radius 3 is 2.50 bits per heavy atom. The summed E-state index contributed by atoms with van der Waals surface area (Å²) in [5.41, 5.74) is 0.728. The molecule has 0 saturated carbocycles. The van der Waals surface area contributed by atoms with Crippen molar-refractivity contribution in [3.8, 4) is 0 Å². The number of pyridine rings is 1. The van der Waals surface area contributed by atoms with E-state index in [0.29, 0.717) is 19.6 Å². The van der Waals surface area contributed by atoms with E-state index in [-0.39, 0.29) is 11.9 Å². The van der Waals surface area contributed by atoms with Gasteiger partial charge in [0, 0.05) is 44.3 Å². The van der Waals surface area contributed by atoms with Crippen molar-refractivity contribution in [1.29, 1.82) is 0 Å². The first-order chi connectivity index (χ1) is 10.4. The fraction of sp³-hybridized carbons (Fsp3) is 0.571. The highest BCUT2D eigenvalue weighted by molar-refractivity contribution is 7.88. The molecule has 1 aromatic rings. The van der Waals surface area contributed by atoms with Crippen molar-refractivity contribution in [1.82, 2.24) is 14.2 Å². The van der Waals surface area contributed by atoms with Gasteiger partial charge in [-0.25, -0.2) is 12.7 Å². The molecule has 1 saturated heterocycles. The van der Waals surface area contributed by atoms with Gasteiger partial charge < -0.3 is 5.32 Å². The first kappa shape index (κ1) is 16.9. The molecule has 1 aliphatic rings. The third-order valence-electron chi connectivity index (χ3n) is 3.93. The second-order valence-corrected chi connectivity index (χ2v) is 7.61. The molecule has 0 spiro atoms. The van der Waals surface area contributed by atoms with Gasteiger partial charge in [0.15, 0.2) is 0 Å². The molecule has 0 aromatic carbocycles. The lowest BCUT2D eigenvalue weighted by molar-refractivity contribution is -0.117. The van der Waals surface area contributed by atoms with E-state index in [9.17, 15) is 13.2 Å². The largest absolute Gasteiger partial charge is 0.325 e. The number of amides is 1. The lowest BCUT2D eigenvalue weighted by Crippen LogP contribution is -2.47. The predicted molar refractivity (Wildman–Crippen MR) is 84.9 cm³/mol. The number of rotatable bonds is 5.